The summed E-state index contributed by atoms with van der Waals surface area (Å²) in [6, 6.07) is 7.13. The number of esters is 1. The highest BCUT2D eigenvalue weighted by atomic mass is 79.9. The molecule has 0 aliphatic heterocycles. The fourth-order valence-corrected chi connectivity index (χ4v) is 2.07. The van der Waals surface area contributed by atoms with E-state index in [9.17, 15) is 9.59 Å². The lowest BCUT2D eigenvalue weighted by Gasteiger charge is -2.25. The third-order valence-corrected chi connectivity index (χ3v) is 3.20. The SMILES string of the molecule is CCOC(=O)CN(C(=O)COc1cccc(Br)c1)C(C)C. The Hall–Kier alpha value is -1.56. The summed E-state index contributed by atoms with van der Waals surface area (Å²) >= 11 is 3.33. The van der Waals surface area contributed by atoms with Gasteiger partial charge in [-0.05, 0) is 39.0 Å². The monoisotopic (exact) mass is 357 g/mol. The van der Waals surface area contributed by atoms with Crippen molar-refractivity contribution in [2.24, 2.45) is 0 Å². The largest absolute Gasteiger partial charge is 0.484 e. The number of halogens is 1. The van der Waals surface area contributed by atoms with E-state index in [1.54, 1.807) is 19.1 Å². The molecule has 1 aromatic rings. The first-order chi connectivity index (χ1) is 9.93. The lowest BCUT2D eigenvalue weighted by atomic mass is 10.3. The highest BCUT2D eigenvalue weighted by Crippen LogP contribution is 2.17. The van der Waals surface area contributed by atoms with E-state index in [1.165, 1.54) is 4.90 Å². The van der Waals surface area contributed by atoms with Crippen LogP contribution >= 0.6 is 15.9 Å². The van der Waals surface area contributed by atoms with Crippen LogP contribution in [0.15, 0.2) is 28.7 Å². The van der Waals surface area contributed by atoms with Crippen molar-refractivity contribution < 1.29 is 19.1 Å². The van der Waals surface area contributed by atoms with Crippen LogP contribution in [0, 0.1) is 0 Å². The molecule has 1 amide bonds. The van der Waals surface area contributed by atoms with Crippen LogP contribution < -0.4 is 4.74 Å². The third kappa shape index (κ3) is 6.16. The van der Waals surface area contributed by atoms with Crippen molar-refractivity contribution in [1.82, 2.24) is 4.90 Å². The Morgan fingerprint density at radius 3 is 2.62 bits per heavy atom. The minimum atomic E-state index is -0.415. The van der Waals surface area contributed by atoms with Crippen LogP contribution in [0.25, 0.3) is 0 Å². The molecule has 0 unspecified atom stereocenters. The second kappa shape index (κ2) is 8.67. The van der Waals surface area contributed by atoms with E-state index in [0.29, 0.717) is 12.4 Å². The van der Waals surface area contributed by atoms with Crippen LogP contribution in [-0.4, -0.2) is 42.6 Å². The fourth-order valence-electron chi connectivity index (χ4n) is 1.69. The highest BCUT2D eigenvalue weighted by Gasteiger charge is 2.21. The number of benzene rings is 1. The lowest BCUT2D eigenvalue weighted by molar-refractivity contribution is -0.150. The topological polar surface area (TPSA) is 55.8 Å². The van der Waals surface area contributed by atoms with E-state index in [2.05, 4.69) is 15.9 Å². The van der Waals surface area contributed by atoms with E-state index in [0.717, 1.165) is 4.47 Å². The molecule has 6 heteroatoms. The zero-order valence-electron chi connectivity index (χ0n) is 12.5. The minimum Gasteiger partial charge on any atom is -0.484 e. The number of amides is 1. The lowest BCUT2D eigenvalue weighted by Crippen LogP contribution is -2.43. The van der Waals surface area contributed by atoms with Gasteiger partial charge >= 0.3 is 5.97 Å². The molecule has 0 bridgehead atoms. The summed E-state index contributed by atoms with van der Waals surface area (Å²) < 4.78 is 11.2. The summed E-state index contributed by atoms with van der Waals surface area (Å²) in [5.74, 6) is -0.0717. The van der Waals surface area contributed by atoms with Crippen molar-refractivity contribution in [3.8, 4) is 5.75 Å². The number of carbonyl (C=O) groups excluding carboxylic acids is 2. The molecule has 0 N–H and O–H groups in total. The van der Waals surface area contributed by atoms with Crippen molar-refractivity contribution >= 4 is 27.8 Å². The molecule has 0 saturated carbocycles. The standard InChI is InChI=1S/C15H20BrNO4/c1-4-20-15(19)9-17(11(2)3)14(18)10-21-13-7-5-6-12(16)8-13/h5-8,11H,4,9-10H2,1-3H3. The maximum atomic E-state index is 12.2. The molecule has 0 atom stereocenters. The molecule has 0 aromatic heterocycles. The zero-order valence-corrected chi connectivity index (χ0v) is 14.1. The van der Waals surface area contributed by atoms with Crippen LogP contribution in [0.4, 0.5) is 0 Å². The van der Waals surface area contributed by atoms with Crippen LogP contribution in [0.2, 0.25) is 0 Å². The second-order valence-corrected chi connectivity index (χ2v) is 5.58. The van der Waals surface area contributed by atoms with Crippen LogP contribution in [0.1, 0.15) is 20.8 Å². The first-order valence-electron chi connectivity index (χ1n) is 6.77. The number of carbonyl (C=O) groups is 2. The van der Waals surface area contributed by atoms with Crippen molar-refractivity contribution in [3.05, 3.63) is 28.7 Å². The molecule has 0 spiro atoms. The summed E-state index contributed by atoms with van der Waals surface area (Å²) in [5.41, 5.74) is 0. The first kappa shape index (κ1) is 17.5. The van der Waals surface area contributed by atoms with Crippen molar-refractivity contribution in [2.75, 3.05) is 19.8 Å². The average molecular weight is 358 g/mol. The first-order valence-corrected chi connectivity index (χ1v) is 7.56. The highest BCUT2D eigenvalue weighted by molar-refractivity contribution is 9.10. The van der Waals surface area contributed by atoms with Crippen LogP contribution in [0.5, 0.6) is 5.75 Å². The van der Waals surface area contributed by atoms with E-state index in [-0.39, 0.29) is 25.1 Å². The van der Waals surface area contributed by atoms with Gasteiger partial charge in [-0.15, -0.1) is 0 Å². The van der Waals surface area contributed by atoms with Gasteiger partial charge in [0.25, 0.3) is 5.91 Å². The maximum absolute atomic E-state index is 12.2. The third-order valence-electron chi connectivity index (χ3n) is 2.71. The summed E-state index contributed by atoms with van der Waals surface area (Å²) in [5, 5.41) is 0. The Labute approximate surface area is 133 Å². The van der Waals surface area contributed by atoms with Gasteiger partial charge in [0, 0.05) is 10.5 Å². The Bertz CT molecular complexity index is 490. The molecule has 0 fully saturated rings. The number of rotatable bonds is 7. The summed E-state index contributed by atoms with van der Waals surface area (Å²) in [6.07, 6.45) is 0. The number of hydrogen-bond acceptors (Lipinski definition) is 4. The van der Waals surface area contributed by atoms with Crippen molar-refractivity contribution in [3.63, 3.8) is 0 Å². The van der Waals surface area contributed by atoms with Gasteiger partial charge in [-0.1, -0.05) is 22.0 Å². The van der Waals surface area contributed by atoms with Gasteiger partial charge in [0.2, 0.25) is 0 Å². The van der Waals surface area contributed by atoms with Crippen LogP contribution in [0.3, 0.4) is 0 Å². The number of hydrogen-bond donors (Lipinski definition) is 0. The van der Waals surface area contributed by atoms with Gasteiger partial charge in [-0.25, -0.2) is 0 Å². The summed E-state index contributed by atoms with van der Waals surface area (Å²) in [4.78, 5) is 25.1. The number of nitrogens with zero attached hydrogens (tertiary/aromatic N) is 1. The smallest absolute Gasteiger partial charge is 0.325 e. The predicted octanol–water partition coefficient (Wildman–Crippen LogP) is 2.63. The van der Waals surface area contributed by atoms with Gasteiger partial charge in [0.1, 0.15) is 12.3 Å². The van der Waals surface area contributed by atoms with E-state index in [4.69, 9.17) is 9.47 Å². The molecular weight excluding hydrogens is 338 g/mol. The van der Waals surface area contributed by atoms with E-state index in [1.807, 2.05) is 26.0 Å². The normalized spacial score (nSPS) is 10.3. The summed E-state index contributed by atoms with van der Waals surface area (Å²) in [6.45, 7) is 5.54. The van der Waals surface area contributed by atoms with Crippen molar-refractivity contribution in [2.45, 2.75) is 26.8 Å². The molecule has 0 radical (unpaired) electrons. The van der Waals surface area contributed by atoms with Gasteiger partial charge < -0.3 is 14.4 Å². The Morgan fingerprint density at radius 2 is 2.05 bits per heavy atom. The molecule has 5 nitrogen and oxygen atoms in total. The Morgan fingerprint density at radius 1 is 1.33 bits per heavy atom. The Kier molecular flexibility index (Phi) is 7.22. The van der Waals surface area contributed by atoms with Crippen LogP contribution in [-0.2, 0) is 14.3 Å². The molecule has 116 valence electrons. The van der Waals surface area contributed by atoms with E-state index >= 15 is 0 Å². The molecule has 21 heavy (non-hydrogen) atoms. The average Bonchev–Trinajstić information content (AvgIpc) is 2.42. The molecular formula is C15H20BrNO4. The quantitative estimate of drug-likeness (QED) is 0.704. The fraction of sp³-hybridized carbons (Fsp3) is 0.467. The van der Waals surface area contributed by atoms with E-state index < -0.39 is 5.97 Å². The second-order valence-electron chi connectivity index (χ2n) is 4.67. The number of ether oxygens (including phenoxy) is 2. The maximum Gasteiger partial charge on any atom is 0.325 e. The van der Waals surface area contributed by atoms with Gasteiger partial charge in [0.05, 0.1) is 6.61 Å². The van der Waals surface area contributed by atoms with Gasteiger partial charge in [-0.3, -0.25) is 9.59 Å². The Balaban J connectivity index is 2.59. The summed E-state index contributed by atoms with van der Waals surface area (Å²) in [7, 11) is 0. The molecule has 0 heterocycles. The minimum absolute atomic E-state index is 0.0633. The molecule has 0 aliphatic carbocycles. The molecule has 1 rings (SSSR count). The van der Waals surface area contributed by atoms with Gasteiger partial charge in [0.15, 0.2) is 6.61 Å². The molecule has 0 saturated heterocycles. The zero-order chi connectivity index (χ0) is 15.8. The molecule has 0 aliphatic rings. The predicted molar refractivity (Wildman–Crippen MR) is 83.1 cm³/mol. The van der Waals surface area contributed by atoms with Gasteiger partial charge in [-0.2, -0.15) is 0 Å². The van der Waals surface area contributed by atoms with Crippen molar-refractivity contribution in [1.29, 1.82) is 0 Å². The molecule has 1 aromatic carbocycles.